The maximum atomic E-state index is 13.4. The van der Waals surface area contributed by atoms with E-state index in [1.54, 1.807) is 24.5 Å². The Morgan fingerprint density at radius 3 is 2.68 bits per heavy atom. The van der Waals surface area contributed by atoms with Crippen LogP contribution in [0.15, 0.2) is 42.7 Å². The fraction of sp³-hybridized carbons (Fsp3) is 0.250. The zero-order valence-electron chi connectivity index (χ0n) is 14.9. The van der Waals surface area contributed by atoms with Gasteiger partial charge in [0.1, 0.15) is 9.88 Å². The lowest BCUT2D eigenvalue weighted by atomic mass is 10.1. The van der Waals surface area contributed by atoms with Crippen LogP contribution in [0.3, 0.4) is 0 Å². The SMILES string of the molecule is CC(c1ccc(Cl)cc1Cl)N(C(=O)c1sc(-c2cccnc2)nc1Cl)C1CC1. The van der Waals surface area contributed by atoms with Crippen molar-refractivity contribution in [3.05, 3.63) is 68.4 Å². The van der Waals surface area contributed by atoms with Crippen LogP contribution >= 0.6 is 46.1 Å². The Kier molecular flexibility index (Phi) is 5.61. The average molecular weight is 453 g/mol. The number of rotatable bonds is 5. The minimum Gasteiger partial charge on any atom is -0.328 e. The van der Waals surface area contributed by atoms with Gasteiger partial charge in [0.2, 0.25) is 0 Å². The molecule has 2 aromatic heterocycles. The zero-order chi connectivity index (χ0) is 19.8. The van der Waals surface area contributed by atoms with Crippen molar-refractivity contribution in [1.82, 2.24) is 14.9 Å². The van der Waals surface area contributed by atoms with Gasteiger partial charge in [0, 0.05) is 34.0 Å². The van der Waals surface area contributed by atoms with Crippen LogP contribution in [0.2, 0.25) is 15.2 Å². The Morgan fingerprint density at radius 1 is 1.25 bits per heavy atom. The van der Waals surface area contributed by atoms with Crippen molar-refractivity contribution in [2.24, 2.45) is 0 Å². The largest absolute Gasteiger partial charge is 0.328 e. The van der Waals surface area contributed by atoms with Gasteiger partial charge in [-0.1, -0.05) is 40.9 Å². The molecule has 0 saturated heterocycles. The molecule has 4 nitrogen and oxygen atoms in total. The number of nitrogens with zero attached hydrogens (tertiary/aromatic N) is 3. The topological polar surface area (TPSA) is 46.1 Å². The number of hydrogen-bond donors (Lipinski definition) is 0. The number of aromatic nitrogens is 2. The maximum absolute atomic E-state index is 13.4. The predicted molar refractivity (Wildman–Crippen MR) is 114 cm³/mol. The van der Waals surface area contributed by atoms with Crippen LogP contribution in [0.25, 0.3) is 10.6 Å². The third kappa shape index (κ3) is 3.90. The number of carbonyl (C=O) groups excluding carboxylic acids is 1. The van der Waals surface area contributed by atoms with Crippen molar-refractivity contribution in [2.75, 3.05) is 0 Å². The van der Waals surface area contributed by atoms with E-state index in [2.05, 4.69) is 9.97 Å². The highest BCUT2D eigenvalue weighted by Gasteiger charge is 2.39. The van der Waals surface area contributed by atoms with Gasteiger partial charge in [-0.2, -0.15) is 0 Å². The van der Waals surface area contributed by atoms with Crippen LogP contribution in [-0.2, 0) is 0 Å². The number of hydrogen-bond acceptors (Lipinski definition) is 4. The van der Waals surface area contributed by atoms with Gasteiger partial charge in [-0.05, 0) is 49.6 Å². The van der Waals surface area contributed by atoms with Crippen LogP contribution in [0.1, 0.15) is 41.0 Å². The normalized spacial score (nSPS) is 14.7. The molecule has 1 aliphatic carbocycles. The second-order valence-electron chi connectivity index (χ2n) is 6.67. The standard InChI is InChI=1S/C20H16Cl3N3OS/c1-11(15-7-4-13(21)9-16(15)22)26(14-5-6-14)20(27)17-18(23)25-19(28-17)12-3-2-8-24-10-12/h2-4,7-11,14H,5-6H2,1H3. The Morgan fingerprint density at radius 2 is 2.04 bits per heavy atom. The molecule has 1 amide bonds. The molecule has 28 heavy (non-hydrogen) atoms. The molecule has 1 unspecified atom stereocenters. The van der Waals surface area contributed by atoms with Crippen LogP contribution in [0.4, 0.5) is 0 Å². The Bertz CT molecular complexity index is 1020. The highest BCUT2D eigenvalue weighted by atomic mass is 35.5. The maximum Gasteiger partial charge on any atom is 0.267 e. The van der Waals surface area contributed by atoms with Crippen LogP contribution in [0, 0.1) is 0 Å². The lowest BCUT2D eigenvalue weighted by molar-refractivity contribution is 0.0679. The second-order valence-corrected chi connectivity index (χ2v) is 8.87. The summed E-state index contributed by atoms with van der Waals surface area (Å²) in [4.78, 5) is 24.2. The van der Waals surface area contributed by atoms with Gasteiger partial charge in [-0.3, -0.25) is 9.78 Å². The Labute approximate surface area is 182 Å². The first kappa shape index (κ1) is 19.6. The molecule has 3 aromatic rings. The van der Waals surface area contributed by atoms with Crippen molar-refractivity contribution >= 4 is 52.0 Å². The molecule has 1 aliphatic rings. The van der Waals surface area contributed by atoms with E-state index in [4.69, 9.17) is 34.8 Å². The summed E-state index contributed by atoms with van der Waals surface area (Å²) < 4.78 is 0. The first-order valence-corrected chi connectivity index (χ1v) is 10.7. The molecule has 0 aliphatic heterocycles. The molecule has 0 spiro atoms. The average Bonchev–Trinajstić information content (AvgIpc) is 3.43. The summed E-state index contributed by atoms with van der Waals surface area (Å²) in [5.41, 5.74) is 1.69. The summed E-state index contributed by atoms with van der Waals surface area (Å²) in [6.07, 6.45) is 5.33. The minimum atomic E-state index is -0.204. The highest BCUT2D eigenvalue weighted by molar-refractivity contribution is 7.17. The Balaban J connectivity index is 1.67. The molecule has 8 heteroatoms. The smallest absolute Gasteiger partial charge is 0.267 e. The quantitative estimate of drug-likeness (QED) is 0.442. The highest BCUT2D eigenvalue weighted by Crippen LogP contribution is 2.40. The molecule has 0 bridgehead atoms. The van der Waals surface area contributed by atoms with Gasteiger partial charge >= 0.3 is 0 Å². The van der Waals surface area contributed by atoms with E-state index < -0.39 is 0 Å². The number of thiazole rings is 1. The van der Waals surface area contributed by atoms with Gasteiger partial charge in [0.25, 0.3) is 5.91 Å². The number of halogens is 3. The van der Waals surface area contributed by atoms with E-state index in [9.17, 15) is 4.79 Å². The minimum absolute atomic E-state index is 0.126. The van der Waals surface area contributed by atoms with Crippen molar-refractivity contribution in [2.45, 2.75) is 31.8 Å². The molecule has 0 N–H and O–H groups in total. The Hall–Kier alpha value is -1.66. The van der Waals surface area contributed by atoms with Crippen LogP contribution < -0.4 is 0 Å². The van der Waals surface area contributed by atoms with Gasteiger partial charge in [0.05, 0.1) is 6.04 Å². The molecular weight excluding hydrogens is 437 g/mol. The van der Waals surface area contributed by atoms with E-state index in [0.29, 0.717) is 19.9 Å². The third-order valence-corrected chi connectivity index (χ3v) is 6.73. The van der Waals surface area contributed by atoms with Gasteiger partial charge < -0.3 is 4.90 Å². The summed E-state index contributed by atoms with van der Waals surface area (Å²) >= 11 is 20.1. The molecule has 4 rings (SSSR count). The number of pyridine rings is 1. The van der Waals surface area contributed by atoms with E-state index in [-0.39, 0.29) is 23.1 Å². The molecular formula is C20H16Cl3N3OS. The number of benzene rings is 1. The molecule has 1 fully saturated rings. The summed E-state index contributed by atoms with van der Waals surface area (Å²) in [5, 5.41) is 2.00. The van der Waals surface area contributed by atoms with Crippen molar-refractivity contribution in [1.29, 1.82) is 0 Å². The summed E-state index contributed by atoms with van der Waals surface area (Å²) in [5.74, 6) is -0.126. The lowest BCUT2D eigenvalue weighted by Crippen LogP contribution is -2.35. The first-order valence-electron chi connectivity index (χ1n) is 8.80. The lowest BCUT2D eigenvalue weighted by Gasteiger charge is -2.30. The zero-order valence-corrected chi connectivity index (χ0v) is 18.0. The summed E-state index contributed by atoms with van der Waals surface area (Å²) in [7, 11) is 0. The molecule has 0 radical (unpaired) electrons. The van der Waals surface area contributed by atoms with Crippen LogP contribution in [0.5, 0.6) is 0 Å². The number of amides is 1. The van der Waals surface area contributed by atoms with Gasteiger partial charge in [-0.15, -0.1) is 11.3 Å². The van der Waals surface area contributed by atoms with E-state index in [1.165, 1.54) is 11.3 Å². The van der Waals surface area contributed by atoms with Gasteiger partial charge in [-0.25, -0.2) is 4.98 Å². The van der Waals surface area contributed by atoms with E-state index >= 15 is 0 Å². The molecule has 1 aromatic carbocycles. The molecule has 2 heterocycles. The second kappa shape index (κ2) is 7.99. The van der Waals surface area contributed by atoms with Gasteiger partial charge in [0.15, 0.2) is 5.15 Å². The summed E-state index contributed by atoms with van der Waals surface area (Å²) in [6.45, 7) is 1.97. The third-order valence-electron chi connectivity index (χ3n) is 4.69. The molecule has 144 valence electrons. The molecule has 1 atom stereocenters. The monoisotopic (exact) mass is 451 g/mol. The molecule has 1 saturated carbocycles. The number of carbonyl (C=O) groups is 1. The van der Waals surface area contributed by atoms with E-state index in [0.717, 1.165) is 24.0 Å². The first-order chi connectivity index (χ1) is 13.5. The van der Waals surface area contributed by atoms with Crippen molar-refractivity contribution in [3.63, 3.8) is 0 Å². The van der Waals surface area contributed by atoms with E-state index in [1.807, 2.05) is 30.0 Å². The fourth-order valence-corrected chi connectivity index (χ4v) is 4.95. The fourth-order valence-electron chi connectivity index (χ4n) is 3.16. The van der Waals surface area contributed by atoms with Crippen molar-refractivity contribution in [3.8, 4) is 10.6 Å². The van der Waals surface area contributed by atoms with Crippen molar-refractivity contribution < 1.29 is 4.79 Å². The summed E-state index contributed by atoms with van der Waals surface area (Å²) in [6, 6.07) is 9.05. The van der Waals surface area contributed by atoms with Crippen LogP contribution in [-0.4, -0.2) is 26.8 Å². The predicted octanol–water partition coefficient (Wildman–Crippen LogP) is 6.53.